The van der Waals surface area contributed by atoms with Crippen molar-refractivity contribution in [3.63, 3.8) is 0 Å². The van der Waals surface area contributed by atoms with E-state index in [4.69, 9.17) is 9.84 Å². The van der Waals surface area contributed by atoms with Crippen LogP contribution in [-0.2, 0) is 9.53 Å². The van der Waals surface area contributed by atoms with Gasteiger partial charge in [-0.3, -0.25) is 4.79 Å². The SMILES string of the molecule is COC(=O)c1cc(O)ccc1OC(C)=O. The molecule has 0 heterocycles. The molecule has 0 saturated heterocycles. The average molecular weight is 210 g/mol. The second-order valence-electron chi connectivity index (χ2n) is 2.77. The van der Waals surface area contributed by atoms with Gasteiger partial charge < -0.3 is 14.6 Å². The fraction of sp³-hybridized carbons (Fsp3) is 0.200. The monoisotopic (exact) mass is 210 g/mol. The zero-order valence-corrected chi connectivity index (χ0v) is 8.31. The van der Waals surface area contributed by atoms with Crippen molar-refractivity contribution in [2.45, 2.75) is 6.92 Å². The maximum absolute atomic E-state index is 11.2. The summed E-state index contributed by atoms with van der Waals surface area (Å²) < 4.78 is 9.24. The molecule has 80 valence electrons. The first-order valence-corrected chi connectivity index (χ1v) is 4.14. The first-order chi connectivity index (χ1) is 7.04. The number of aromatic hydroxyl groups is 1. The fourth-order valence-electron chi connectivity index (χ4n) is 1.03. The fourth-order valence-corrected chi connectivity index (χ4v) is 1.03. The molecule has 0 aliphatic carbocycles. The van der Waals surface area contributed by atoms with Crippen LogP contribution < -0.4 is 4.74 Å². The molecule has 0 unspecified atom stereocenters. The average Bonchev–Trinajstić information content (AvgIpc) is 2.19. The highest BCUT2D eigenvalue weighted by Crippen LogP contribution is 2.24. The number of esters is 2. The van der Waals surface area contributed by atoms with E-state index < -0.39 is 11.9 Å². The minimum atomic E-state index is -0.679. The summed E-state index contributed by atoms with van der Waals surface area (Å²) in [6, 6.07) is 3.80. The molecular weight excluding hydrogens is 200 g/mol. The molecule has 5 nitrogen and oxygen atoms in total. The summed E-state index contributed by atoms with van der Waals surface area (Å²) in [6.45, 7) is 1.22. The number of methoxy groups -OCH3 is 1. The summed E-state index contributed by atoms with van der Waals surface area (Å²) >= 11 is 0. The van der Waals surface area contributed by atoms with E-state index in [0.717, 1.165) is 0 Å². The number of carbonyl (C=O) groups is 2. The third-order valence-electron chi connectivity index (χ3n) is 1.62. The van der Waals surface area contributed by atoms with Gasteiger partial charge in [0.05, 0.1) is 7.11 Å². The van der Waals surface area contributed by atoms with Gasteiger partial charge >= 0.3 is 11.9 Å². The van der Waals surface area contributed by atoms with Crippen molar-refractivity contribution in [2.75, 3.05) is 7.11 Å². The number of hydrogen-bond acceptors (Lipinski definition) is 5. The minimum Gasteiger partial charge on any atom is -0.508 e. The van der Waals surface area contributed by atoms with Gasteiger partial charge in [0.25, 0.3) is 0 Å². The smallest absolute Gasteiger partial charge is 0.341 e. The van der Waals surface area contributed by atoms with Gasteiger partial charge in [-0.1, -0.05) is 0 Å². The van der Waals surface area contributed by atoms with Crippen molar-refractivity contribution in [2.24, 2.45) is 0 Å². The number of rotatable bonds is 2. The molecule has 1 aromatic carbocycles. The third kappa shape index (κ3) is 2.70. The lowest BCUT2D eigenvalue weighted by Crippen LogP contribution is -2.08. The third-order valence-corrected chi connectivity index (χ3v) is 1.62. The van der Waals surface area contributed by atoms with Crippen molar-refractivity contribution >= 4 is 11.9 Å². The van der Waals surface area contributed by atoms with Crippen LogP contribution in [0.5, 0.6) is 11.5 Å². The van der Waals surface area contributed by atoms with Crippen molar-refractivity contribution < 1.29 is 24.2 Å². The van der Waals surface area contributed by atoms with E-state index in [1.54, 1.807) is 0 Å². The molecule has 0 aliphatic rings. The zero-order chi connectivity index (χ0) is 11.4. The van der Waals surface area contributed by atoms with Crippen LogP contribution in [-0.4, -0.2) is 24.2 Å². The predicted octanol–water partition coefficient (Wildman–Crippen LogP) is 1.10. The second-order valence-corrected chi connectivity index (χ2v) is 2.77. The van der Waals surface area contributed by atoms with E-state index in [1.165, 1.54) is 32.2 Å². The lowest BCUT2D eigenvalue weighted by atomic mass is 10.2. The Morgan fingerprint density at radius 3 is 2.53 bits per heavy atom. The van der Waals surface area contributed by atoms with Crippen LogP contribution in [0, 0.1) is 0 Å². The highest BCUT2D eigenvalue weighted by Gasteiger charge is 2.15. The molecule has 0 saturated carbocycles. The Morgan fingerprint density at radius 2 is 2.00 bits per heavy atom. The number of ether oxygens (including phenoxy) is 2. The van der Waals surface area contributed by atoms with Crippen molar-refractivity contribution in [1.82, 2.24) is 0 Å². The lowest BCUT2D eigenvalue weighted by Gasteiger charge is -2.07. The zero-order valence-electron chi connectivity index (χ0n) is 8.31. The molecule has 1 N–H and O–H groups in total. The van der Waals surface area contributed by atoms with Gasteiger partial charge in [-0.15, -0.1) is 0 Å². The lowest BCUT2D eigenvalue weighted by molar-refractivity contribution is -0.131. The van der Waals surface area contributed by atoms with E-state index in [1.807, 2.05) is 0 Å². The van der Waals surface area contributed by atoms with Crippen LogP contribution in [0.3, 0.4) is 0 Å². The molecule has 0 fully saturated rings. The summed E-state index contributed by atoms with van der Waals surface area (Å²) in [5, 5.41) is 9.17. The van der Waals surface area contributed by atoms with Crippen molar-refractivity contribution in [3.05, 3.63) is 23.8 Å². The topological polar surface area (TPSA) is 72.8 Å². The number of phenols is 1. The molecule has 1 rings (SSSR count). The number of hydrogen-bond donors (Lipinski definition) is 1. The van der Waals surface area contributed by atoms with E-state index in [9.17, 15) is 9.59 Å². The van der Waals surface area contributed by atoms with Gasteiger partial charge in [0.15, 0.2) is 0 Å². The maximum Gasteiger partial charge on any atom is 0.341 e. The second kappa shape index (κ2) is 4.45. The van der Waals surface area contributed by atoms with Gasteiger partial charge in [0.1, 0.15) is 17.1 Å². The molecule has 0 aromatic heterocycles. The highest BCUT2D eigenvalue weighted by atomic mass is 16.5. The normalized spacial score (nSPS) is 9.47. The highest BCUT2D eigenvalue weighted by molar-refractivity contribution is 5.93. The van der Waals surface area contributed by atoms with Gasteiger partial charge in [-0.05, 0) is 18.2 Å². The van der Waals surface area contributed by atoms with E-state index in [2.05, 4.69) is 4.74 Å². The molecule has 0 aliphatic heterocycles. The first-order valence-electron chi connectivity index (χ1n) is 4.14. The van der Waals surface area contributed by atoms with Crippen LogP contribution in [0.1, 0.15) is 17.3 Å². The van der Waals surface area contributed by atoms with Crippen LogP contribution in [0.25, 0.3) is 0 Å². The quantitative estimate of drug-likeness (QED) is 0.584. The van der Waals surface area contributed by atoms with Crippen molar-refractivity contribution in [3.8, 4) is 11.5 Å². The number of carbonyl (C=O) groups excluding carboxylic acids is 2. The van der Waals surface area contributed by atoms with Gasteiger partial charge in [-0.25, -0.2) is 4.79 Å². The Hall–Kier alpha value is -2.04. The van der Waals surface area contributed by atoms with Crippen LogP contribution in [0.4, 0.5) is 0 Å². The molecule has 0 bridgehead atoms. The van der Waals surface area contributed by atoms with Gasteiger partial charge in [-0.2, -0.15) is 0 Å². The minimum absolute atomic E-state index is 0.00713. The summed E-state index contributed by atoms with van der Waals surface area (Å²) in [4.78, 5) is 22.0. The Labute approximate surface area is 86.2 Å². The van der Waals surface area contributed by atoms with Crippen molar-refractivity contribution in [1.29, 1.82) is 0 Å². The standard InChI is InChI=1S/C10H10O5/c1-6(11)15-9-4-3-7(12)5-8(9)10(13)14-2/h3-5,12H,1-2H3. The Morgan fingerprint density at radius 1 is 1.33 bits per heavy atom. The van der Waals surface area contributed by atoms with Crippen LogP contribution in [0.2, 0.25) is 0 Å². The van der Waals surface area contributed by atoms with E-state index in [-0.39, 0.29) is 17.1 Å². The summed E-state index contributed by atoms with van der Waals surface area (Å²) in [7, 11) is 1.20. The Kier molecular flexibility index (Phi) is 3.28. The molecular formula is C10H10O5. The molecule has 0 amide bonds. The Bertz CT molecular complexity index is 397. The molecule has 5 heteroatoms. The van der Waals surface area contributed by atoms with Gasteiger partial charge in [0.2, 0.25) is 0 Å². The summed E-state index contributed by atoms with van der Waals surface area (Å²) in [5.41, 5.74) is 0.00713. The molecule has 1 aromatic rings. The first kappa shape index (κ1) is 11.0. The molecule has 0 spiro atoms. The number of phenolic OH excluding ortho intramolecular Hbond substituents is 1. The molecule has 0 atom stereocenters. The number of benzene rings is 1. The van der Waals surface area contributed by atoms with E-state index >= 15 is 0 Å². The largest absolute Gasteiger partial charge is 0.508 e. The summed E-state index contributed by atoms with van der Waals surface area (Å²) in [5.74, 6) is -1.27. The van der Waals surface area contributed by atoms with Gasteiger partial charge in [0, 0.05) is 6.92 Å². The predicted molar refractivity (Wildman–Crippen MR) is 50.8 cm³/mol. The van der Waals surface area contributed by atoms with Crippen LogP contribution >= 0.6 is 0 Å². The Balaban J connectivity index is 3.14. The molecule has 0 radical (unpaired) electrons. The molecule has 15 heavy (non-hydrogen) atoms. The van der Waals surface area contributed by atoms with E-state index in [0.29, 0.717) is 0 Å². The summed E-state index contributed by atoms with van der Waals surface area (Å²) in [6.07, 6.45) is 0. The van der Waals surface area contributed by atoms with Crippen LogP contribution in [0.15, 0.2) is 18.2 Å². The maximum atomic E-state index is 11.2.